The maximum atomic E-state index is 8.80. The van der Waals surface area contributed by atoms with Crippen molar-refractivity contribution >= 4 is 11.6 Å². The predicted molar refractivity (Wildman–Crippen MR) is 50.1 cm³/mol. The summed E-state index contributed by atoms with van der Waals surface area (Å²) in [6.45, 7) is 0. The highest BCUT2D eigenvalue weighted by Crippen LogP contribution is 2.18. The van der Waals surface area contributed by atoms with Crippen LogP contribution in [0.4, 0.5) is 0 Å². The highest BCUT2D eigenvalue weighted by atomic mass is 35.5. The van der Waals surface area contributed by atoms with Gasteiger partial charge in [0.2, 0.25) is 0 Å². The first-order valence-electron chi connectivity index (χ1n) is 3.89. The first kappa shape index (κ1) is 9.09. The molecule has 0 radical (unpaired) electrons. The van der Waals surface area contributed by atoms with Gasteiger partial charge in [-0.15, -0.1) is 11.6 Å². The van der Waals surface area contributed by atoms with Gasteiger partial charge in [0.25, 0.3) is 0 Å². The molecular weight excluding hydrogens is 170 g/mol. The van der Waals surface area contributed by atoms with Crippen LogP contribution in [0.25, 0.3) is 0 Å². The van der Waals surface area contributed by atoms with Crippen LogP contribution in [0, 0.1) is 11.3 Å². The van der Waals surface area contributed by atoms with E-state index in [0.29, 0.717) is 5.88 Å². The van der Waals surface area contributed by atoms with E-state index in [1.165, 1.54) is 0 Å². The third-order valence-electron chi connectivity index (χ3n) is 1.76. The number of alkyl halides is 1. The van der Waals surface area contributed by atoms with Crippen LogP contribution < -0.4 is 0 Å². The van der Waals surface area contributed by atoms with Crippen molar-refractivity contribution in [2.24, 2.45) is 0 Å². The summed E-state index contributed by atoms with van der Waals surface area (Å²) >= 11 is 5.57. The Kier molecular flexibility index (Phi) is 3.63. The molecule has 62 valence electrons. The number of benzene rings is 1. The van der Waals surface area contributed by atoms with Crippen molar-refractivity contribution in [3.8, 4) is 6.07 Å². The van der Waals surface area contributed by atoms with Gasteiger partial charge in [-0.2, -0.15) is 5.26 Å². The first-order chi connectivity index (χ1) is 5.88. The van der Waals surface area contributed by atoms with Gasteiger partial charge in [-0.1, -0.05) is 30.3 Å². The lowest BCUT2D eigenvalue weighted by atomic mass is 9.98. The molecule has 0 aliphatic heterocycles. The molecule has 0 heterocycles. The minimum absolute atomic E-state index is 0.0521. The second kappa shape index (κ2) is 4.79. The molecule has 0 saturated heterocycles. The summed E-state index contributed by atoms with van der Waals surface area (Å²) in [4.78, 5) is 0. The van der Waals surface area contributed by atoms with E-state index in [9.17, 15) is 0 Å². The third-order valence-corrected chi connectivity index (χ3v) is 1.97. The van der Waals surface area contributed by atoms with Gasteiger partial charge in [0.15, 0.2) is 0 Å². The van der Waals surface area contributed by atoms with Gasteiger partial charge < -0.3 is 0 Å². The van der Waals surface area contributed by atoms with E-state index in [0.717, 1.165) is 12.0 Å². The van der Waals surface area contributed by atoms with E-state index in [1.54, 1.807) is 0 Å². The number of hydrogen-bond donors (Lipinski definition) is 0. The molecule has 0 fully saturated rings. The summed E-state index contributed by atoms with van der Waals surface area (Å²) < 4.78 is 0. The largest absolute Gasteiger partial charge is 0.198 e. The molecule has 0 spiro atoms. The predicted octanol–water partition coefficient (Wildman–Crippen LogP) is 2.92. The number of rotatable bonds is 3. The number of halogens is 1. The standard InChI is InChI=1S/C10H10ClN/c11-7-6-10(8-12)9-4-2-1-3-5-9/h1-5,10H,6-7H2/t10-/m1/s1. The molecule has 1 aromatic rings. The lowest BCUT2D eigenvalue weighted by molar-refractivity contribution is 0.824. The lowest BCUT2D eigenvalue weighted by Crippen LogP contribution is -1.95. The summed E-state index contributed by atoms with van der Waals surface area (Å²) in [7, 11) is 0. The Morgan fingerprint density at radius 1 is 1.33 bits per heavy atom. The van der Waals surface area contributed by atoms with Crippen molar-refractivity contribution in [1.29, 1.82) is 5.26 Å². The summed E-state index contributed by atoms with van der Waals surface area (Å²) in [5.74, 6) is 0.483. The molecule has 2 heteroatoms. The van der Waals surface area contributed by atoms with Crippen molar-refractivity contribution in [2.75, 3.05) is 5.88 Å². The Bertz CT molecular complexity index is 263. The Labute approximate surface area is 77.6 Å². The minimum Gasteiger partial charge on any atom is -0.198 e. The smallest absolute Gasteiger partial charge is 0.0724 e. The fraction of sp³-hybridized carbons (Fsp3) is 0.300. The van der Waals surface area contributed by atoms with Gasteiger partial charge in [0, 0.05) is 5.88 Å². The van der Waals surface area contributed by atoms with Crippen LogP contribution in [0.1, 0.15) is 17.9 Å². The summed E-state index contributed by atoms with van der Waals surface area (Å²) in [6.07, 6.45) is 0.724. The lowest BCUT2D eigenvalue weighted by Gasteiger charge is -2.05. The Balaban J connectivity index is 2.75. The van der Waals surface area contributed by atoms with Gasteiger partial charge in [-0.25, -0.2) is 0 Å². The molecule has 0 bridgehead atoms. The van der Waals surface area contributed by atoms with Crippen LogP contribution in [0.2, 0.25) is 0 Å². The second-order valence-electron chi connectivity index (χ2n) is 2.57. The molecular formula is C10H10ClN. The monoisotopic (exact) mass is 179 g/mol. The zero-order valence-electron chi connectivity index (χ0n) is 6.70. The van der Waals surface area contributed by atoms with E-state index in [1.807, 2.05) is 30.3 Å². The van der Waals surface area contributed by atoms with E-state index in [4.69, 9.17) is 16.9 Å². The topological polar surface area (TPSA) is 23.8 Å². The molecule has 0 N–H and O–H groups in total. The molecule has 1 aromatic carbocycles. The number of nitriles is 1. The molecule has 1 rings (SSSR count). The van der Waals surface area contributed by atoms with Crippen LogP contribution in [0.15, 0.2) is 30.3 Å². The first-order valence-corrected chi connectivity index (χ1v) is 4.42. The Morgan fingerprint density at radius 2 is 2.00 bits per heavy atom. The highest BCUT2D eigenvalue weighted by molar-refractivity contribution is 6.17. The molecule has 1 atom stereocenters. The molecule has 1 nitrogen and oxygen atoms in total. The molecule has 0 aromatic heterocycles. The van der Waals surface area contributed by atoms with Gasteiger partial charge >= 0.3 is 0 Å². The average Bonchev–Trinajstić information content (AvgIpc) is 2.15. The van der Waals surface area contributed by atoms with E-state index < -0.39 is 0 Å². The van der Waals surface area contributed by atoms with Crippen LogP contribution in [-0.2, 0) is 0 Å². The molecule has 0 aliphatic rings. The van der Waals surface area contributed by atoms with Gasteiger partial charge in [0.1, 0.15) is 0 Å². The van der Waals surface area contributed by atoms with Crippen molar-refractivity contribution in [2.45, 2.75) is 12.3 Å². The Morgan fingerprint density at radius 3 is 2.50 bits per heavy atom. The van der Waals surface area contributed by atoms with Crippen LogP contribution in [0.5, 0.6) is 0 Å². The fourth-order valence-electron chi connectivity index (χ4n) is 1.10. The quantitative estimate of drug-likeness (QED) is 0.655. The second-order valence-corrected chi connectivity index (χ2v) is 2.95. The number of hydrogen-bond acceptors (Lipinski definition) is 1. The summed E-state index contributed by atoms with van der Waals surface area (Å²) in [5, 5.41) is 8.80. The zero-order valence-corrected chi connectivity index (χ0v) is 7.46. The highest BCUT2D eigenvalue weighted by Gasteiger charge is 2.07. The normalized spacial score (nSPS) is 12.0. The van der Waals surface area contributed by atoms with Gasteiger partial charge in [-0.3, -0.25) is 0 Å². The SMILES string of the molecule is N#C[C@@H](CCCl)c1ccccc1. The third kappa shape index (κ3) is 2.25. The van der Waals surface area contributed by atoms with Crippen molar-refractivity contribution in [1.82, 2.24) is 0 Å². The maximum Gasteiger partial charge on any atom is 0.0724 e. The van der Waals surface area contributed by atoms with Crippen molar-refractivity contribution in [3.63, 3.8) is 0 Å². The average molecular weight is 180 g/mol. The minimum atomic E-state index is -0.0521. The fourth-order valence-corrected chi connectivity index (χ4v) is 1.32. The van der Waals surface area contributed by atoms with Crippen molar-refractivity contribution < 1.29 is 0 Å². The van der Waals surface area contributed by atoms with Crippen molar-refractivity contribution in [3.05, 3.63) is 35.9 Å². The van der Waals surface area contributed by atoms with Gasteiger partial charge in [-0.05, 0) is 12.0 Å². The molecule has 0 saturated carbocycles. The van der Waals surface area contributed by atoms with Gasteiger partial charge in [0.05, 0.1) is 12.0 Å². The van der Waals surface area contributed by atoms with Crippen LogP contribution >= 0.6 is 11.6 Å². The van der Waals surface area contributed by atoms with Crippen LogP contribution in [0.3, 0.4) is 0 Å². The number of nitrogens with zero attached hydrogens (tertiary/aromatic N) is 1. The molecule has 0 unspecified atom stereocenters. The summed E-state index contributed by atoms with van der Waals surface area (Å²) in [5.41, 5.74) is 1.06. The van der Waals surface area contributed by atoms with E-state index in [-0.39, 0.29) is 5.92 Å². The maximum absolute atomic E-state index is 8.80. The van der Waals surface area contributed by atoms with Crippen LogP contribution in [-0.4, -0.2) is 5.88 Å². The van der Waals surface area contributed by atoms with E-state index >= 15 is 0 Å². The summed E-state index contributed by atoms with van der Waals surface area (Å²) in [6, 6.07) is 12.0. The molecule has 0 aliphatic carbocycles. The zero-order chi connectivity index (χ0) is 8.81. The Hall–Kier alpha value is -1.00. The molecule has 0 amide bonds. The van der Waals surface area contributed by atoms with E-state index in [2.05, 4.69) is 6.07 Å². The molecule has 12 heavy (non-hydrogen) atoms.